The molecule has 0 N–H and O–H groups in total. The molecule has 0 amide bonds. The number of aryl methyl sites for hydroxylation is 1. The van der Waals surface area contributed by atoms with E-state index in [-0.39, 0.29) is 17.0 Å². The average Bonchev–Trinajstić information content (AvgIpc) is 3.00. The Morgan fingerprint density at radius 1 is 1.35 bits per heavy atom. The van der Waals surface area contributed by atoms with E-state index < -0.39 is 0 Å². The molecule has 106 valence electrons. The minimum atomic E-state index is -0.362. The van der Waals surface area contributed by atoms with Crippen molar-refractivity contribution < 1.29 is 9.21 Å². The first-order valence-corrected chi connectivity index (χ1v) is 7.23. The van der Waals surface area contributed by atoms with Gasteiger partial charge in [-0.15, -0.1) is 0 Å². The number of benzene rings is 1. The van der Waals surface area contributed by atoms with Crippen LogP contribution in [0.5, 0.6) is 0 Å². The van der Waals surface area contributed by atoms with Crippen molar-refractivity contribution in [1.29, 1.82) is 0 Å². The fraction of sp³-hybridized carbons (Fsp3) is 0.500. The lowest BCUT2D eigenvalue weighted by molar-refractivity contribution is 0.0823. The molecule has 3 rings (SSSR count). The van der Waals surface area contributed by atoms with E-state index in [1.165, 1.54) is 0 Å². The van der Waals surface area contributed by atoms with Gasteiger partial charge in [-0.05, 0) is 38.0 Å². The fourth-order valence-corrected chi connectivity index (χ4v) is 3.24. The molecule has 0 radical (unpaired) electrons. The summed E-state index contributed by atoms with van der Waals surface area (Å²) in [5.41, 5.74) is 1.66. The molecule has 4 nitrogen and oxygen atoms in total. The average molecular weight is 273 g/mol. The summed E-state index contributed by atoms with van der Waals surface area (Å²) >= 11 is 0. The van der Waals surface area contributed by atoms with Crippen LogP contribution in [0.3, 0.4) is 0 Å². The Morgan fingerprint density at radius 2 is 2.05 bits per heavy atom. The van der Waals surface area contributed by atoms with Crippen LogP contribution in [0.4, 0.5) is 0 Å². The lowest BCUT2D eigenvalue weighted by Gasteiger charge is -2.21. The van der Waals surface area contributed by atoms with E-state index in [0.717, 1.165) is 31.2 Å². The van der Waals surface area contributed by atoms with Crippen LogP contribution in [0.15, 0.2) is 27.4 Å². The van der Waals surface area contributed by atoms with Crippen LogP contribution < -0.4 is 5.76 Å². The van der Waals surface area contributed by atoms with Gasteiger partial charge in [0.15, 0.2) is 11.4 Å². The van der Waals surface area contributed by atoms with Crippen LogP contribution in [0.2, 0.25) is 0 Å². The van der Waals surface area contributed by atoms with Gasteiger partial charge in [0.25, 0.3) is 0 Å². The molecule has 1 aliphatic carbocycles. The van der Waals surface area contributed by atoms with Crippen molar-refractivity contribution in [3.8, 4) is 0 Å². The van der Waals surface area contributed by atoms with E-state index in [4.69, 9.17) is 4.42 Å². The molecule has 1 aromatic carbocycles. The highest BCUT2D eigenvalue weighted by Gasteiger charge is 2.36. The predicted molar refractivity (Wildman–Crippen MR) is 77.1 cm³/mol. The summed E-state index contributed by atoms with van der Waals surface area (Å²) in [4.78, 5) is 24.3. The quantitative estimate of drug-likeness (QED) is 0.805. The van der Waals surface area contributed by atoms with E-state index in [9.17, 15) is 9.59 Å². The zero-order valence-electron chi connectivity index (χ0n) is 11.9. The number of aromatic nitrogens is 1. The van der Waals surface area contributed by atoms with Crippen LogP contribution in [0.25, 0.3) is 11.1 Å². The highest BCUT2D eigenvalue weighted by Crippen LogP contribution is 2.40. The summed E-state index contributed by atoms with van der Waals surface area (Å²) < 4.78 is 6.80. The zero-order chi connectivity index (χ0) is 14.3. The molecule has 0 spiro atoms. The molecule has 4 heteroatoms. The Labute approximate surface area is 117 Å². The fourth-order valence-electron chi connectivity index (χ4n) is 3.24. The smallest absolute Gasteiger partial charge is 0.408 e. The van der Waals surface area contributed by atoms with Gasteiger partial charge in [0.1, 0.15) is 0 Å². The number of Topliss-reactive ketones (excluding diaryl/α,β-unsaturated/α-hetero) is 1. The Hall–Kier alpha value is -1.84. The number of hydrogen-bond acceptors (Lipinski definition) is 3. The van der Waals surface area contributed by atoms with Gasteiger partial charge < -0.3 is 4.42 Å². The second-order valence-electron chi connectivity index (χ2n) is 5.89. The molecule has 1 aromatic heterocycles. The first-order valence-electron chi connectivity index (χ1n) is 7.23. The monoisotopic (exact) mass is 273 g/mol. The van der Waals surface area contributed by atoms with Gasteiger partial charge >= 0.3 is 5.76 Å². The molecule has 0 bridgehead atoms. The standard InChI is InChI=1S/C16H19NO3/c1-3-17-12-7-6-11(10-13(12)20-15(17)19)14(18)16(2)8-4-5-9-16/h6-7,10H,3-5,8-9H2,1-2H3. The molecule has 2 aromatic rings. The van der Waals surface area contributed by atoms with Crippen molar-refractivity contribution in [1.82, 2.24) is 4.57 Å². The highest BCUT2D eigenvalue weighted by atomic mass is 16.4. The summed E-state index contributed by atoms with van der Waals surface area (Å²) in [5.74, 6) is -0.192. The largest absolute Gasteiger partial charge is 0.419 e. The number of oxazole rings is 1. The van der Waals surface area contributed by atoms with Gasteiger partial charge in [-0.3, -0.25) is 9.36 Å². The van der Waals surface area contributed by atoms with E-state index in [1.807, 2.05) is 26.0 Å². The van der Waals surface area contributed by atoms with Crippen molar-refractivity contribution in [3.63, 3.8) is 0 Å². The maximum absolute atomic E-state index is 12.6. The number of ketones is 1. The Morgan fingerprint density at radius 3 is 2.70 bits per heavy atom. The van der Waals surface area contributed by atoms with Crippen molar-refractivity contribution in [2.45, 2.75) is 46.1 Å². The minimum Gasteiger partial charge on any atom is -0.408 e. The lowest BCUT2D eigenvalue weighted by Crippen LogP contribution is -2.24. The minimum absolute atomic E-state index is 0.170. The first kappa shape index (κ1) is 13.2. The van der Waals surface area contributed by atoms with Crippen LogP contribution in [-0.2, 0) is 6.54 Å². The van der Waals surface area contributed by atoms with Crippen LogP contribution >= 0.6 is 0 Å². The molecule has 1 fully saturated rings. The molecule has 1 saturated carbocycles. The molecule has 0 saturated heterocycles. The third-order valence-corrected chi connectivity index (χ3v) is 4.50. The highest BCUT2D eigenvalue weighted by molar-refractivity contribution is 6.02. The van der Waals surface area contributed by atoms with Crippen molar-refractivity contribution >= 4 is 16.9 Å². The Kier molecular flexibility index (Phi) is 3.04. The summed E-state index contributed by atoms with van der Waals surface area (Å²) in [7, 11) is 0. The summed E-state index contributed by atoms with van der Waals surface area (Å²) in [6.45, 7) is 4.51. The summed E-state index contributed by atoms with van der Waals surface area (Å²) in [6.07, 6.45) is 4.13. The third kappa shape index (κ3) is 1.90. The van der Waals surface area contributed by atoms with Gasteiger partial charge in [0.2, 0.25) is 0 Å². The van der Waals surface area contributed by atoms with Gasteiger partial charge in [0, 0.05) is 17.5 Å². The normalized spacial score (nSPS) is 17.7. The van der Waals surface area contributed by atoms with Crippen molar-refractivity contribution in [2.24, 2.45) is 5.41 Å². The van der Waals surface area contributed by atoms with Crippen LogP contribution in [-0.4, -0.2) is 10.4 Å². The predicted octanol–water partition coefficient (Wildman–Crippen LogP) is 3.38. The zero-order valence-corrected chi connectivity index (χ0v) is 11.9. The third-order valence-electron chi connectivity index (χ3n) is 4.50. The van der Waals surface area contributed by atoms with Gasteiger partial charge in [-0.2, -0.15) is 0 Å². The maximum atomic E-state index is 12.6. The number of carbonyl (C=O) groups excluding carboxylic acids is 1. The molecular formula is C16H19NO3. The van der Waals surface area contributed by atoms with Gasteiger partial charge in [0.05, 0.1) is 5.52 Å². The number of rotatable bonds is 3. The summed E-state index contributed by atoms with van der Waals surface area (Å²) in [5, 5.41) is 0. The molecular weight excluding hydrogens is 254 g/mol. The first-order chi connectivity index (χ1) is 9.55. The van der Waals surface area contributed by atoms with E-state index in [2.05, 4.69) is 0 Å². The van der Waals surface area contributed by atoms with E-state index >= 15 is 0 Å². The number of fused-ring (bicyclic) bond motifs is 1. The molecule has 0 aliphatic heterocycles. The maximum Gasteiger partial charge on any atom is 0.419 e. The van der Waals surface area contributed by atoms with E-state index in [1.54, 1.807) is 10.6 Å². The van der Waals surface area contributed by atoms with Crippen molar-refractivity contribution in [3.05, 3.63) is 34.3 Å². The Balaban J connectivity index is 2.05. The Bertz CT molecular complexity index is 717. The van der Waals surface area contributed by atoms with Crippen molar-refractivity contribution in [2.75, 3.05) is 0 Å². The number of nitrogens with zero attached hydrogens (tertiary/aromatic N) is 1. The molecule has 20 heavy (non-hydrogen) atoms. The SMILES string of the molecule is CCn1c(=O)oc2cc(C(=O)C3(C)CCCC3)ccc21. The topological polar surface area (TPSA) is 52.2 Å². The van der Waals surface area contributed by atoms with Gasteiger partial charge in [-0.25, -0.2) is 4.79 Å². The second-order valence-corrected chi connectivity index (χ2v) is 5.89. The van der Waals surface area contributed by atoms with Gasteiger partial charge in [-0.1, -0.05) is 19.8 Å². The van der Waals surface area contributed by atoms with Crippen LogP contribution in [0, 0.1) is 5.41 Å². The molecule has 0 atom stereocenters. The second kappa shape index (κ2) is 4.62. The lowest BCUT2D eigenvalue weighted by atomic mass is 9.81. The number of carbonyl (C=O) groups is 1. The van der Waals surface area contributed by atoms with E-state index in [0.29, 0.717) is 17.7 Å². The molecule has 1 heterocycles. The molecule has 0 unspecified atom stereocenters. The summed E-state index contributed by atoms with van der Waals surface area (Å²) in [6, 6.07) is 5.35. The van der Waals surface area contributed by atoms with Crippen LogP contribution in [0.1, 0.15) is 49.9 Å². The molecule has 1 aliphatic rings. The number of hydrogen-bond donors (Lipinski definition) is 0.